The van der Waals surface area contributed by atoms with Crippen molar-refractivity contribution in [1.82, 2.24) is 0 Å². The minimum Gasteiger partial charge on any atom is -0.462 e. The second-order valence-corrected chi connectivity index (χ2v) is 6.42. The molecule has 1 saturated heterocycles. The van der Waals surface area contributed by atoms with E-state index in [2.05, 4.69) is 31.2 Å². The first-order chi connectivity index (χ1) is 10.3. The topological polar surface area (TPSA) is 35.5 Å². The van der Waals surface area contributed by atoms with Gasteiger partial charge in [-0.2, -0.15) is 0 Å². The lowest BCUT2D eigenvalue weighted by Gasteiger charge is -2.28. The Balaban J connectivity index is 1.75. The summed E-state index contributed by atoms with van der Waals surface area (Å²) in [5, 5.41) is 0. The van der Waals surface area contributed by atoms with Gasteiger partial charge in [-0.3, -0.25) is 4.79 Å². The van der Waals surface area contributed by atoms with Crippen molar-refractivity contribution < 1.29 is 14.3 Å². The molecule has 2 aliphatic heterocycles. The number of esters is 1. The predicted octanol–water partition coefficient (Wildman–Crippen LogP) is 3.79. The van der Waals surface area contributed by atoms with Gasteiger partial charge in [-0.25, -0.2) is 0 Å². The summed E-state index contributed by atoms with van der Waals surface area (Å²) >= 11 is 0. The maximum Gasteiger partial charge on any atom is 0.306 e. The quantitative estimate of drug-likeness (QED) is 0.544. The van der Waals surface area contributed by atoms with Crippen molar-refractivity contribution in [3.05, 3.63) is 24.3 Å². The van der Waals surface area contributed by atoms with Gasteiger partial charge in [0.15, 0.2) is 0 Å². The molecule has 0 N–H and O–H groups in total. The Hall–Kier alpha value is -1.09. The van der Waals surface area contributed by atoms with E-state index in [0.717, 1.165) is 38.5 Å². The largest absolute Gasteiger partial charge is 0.462 e. The van der Waals surface area contributed by atoms with Gasteiger partial charge in [0.05, 0.1) is 12.2 Å². The normalized spacial score (nSPS) is 43.1. The zero-order valence-corrected chi connectivity index (χ0v) is 12.9. The van der Waals surface area contributed by atoms with Crippen molar-refractivity contribution in [2.45, 2.75) is 70.2 Å². The third-order valence-corrected chi connectivity index (χ3v) is 5.03. The summed E-state index contributed by atoms with van der Waals surface area (Å²) in [5.74, 6) is 0.752. The van der Waals surface area contributed by atoms with Gasteiger partial charge in [0.1, 0.15) is 6.10 Å². The Labute approximate surface area is 127 Å². The Kier molecular flexibility index (Phi) is 4.79. The molecule has 4 bridgehead atoms. The van der Waals surface area contributed by atoms with Gasteiger partial charge in [0.2, 0.25) is 0 Å². The molecule has 0 spiro atoms. The van der Waals surface area contributed by atoms with Crippen LogP contribution in [0.15, 0.2) is 24.3 Å². The summed E-state index contributed by atoms with van der Waals surface area (Å²) < 4.78 is 11.9. The van der Waals surface area contributed by atoms with E-state index in [1.54, 1.807) is 0 Å². The molecule has 116 valence electrons. The van der Waals surface area contributed by atoms with Gasteiger partial charge in [-0.15, -0.1) is 0 Å². The van der Waals surface area contributed by atoms with Gasteiger partial charge in [0.25, 0.3) is 0 Å². The summed E-state index contributed by atoms with van der Waals surface area (Å²) in [4.78, 5) is 12.0. The van der Waals surface area contributed by atoms with E-state index in [0.29, 0.717) is 18.3 Å². The molecular formula is C18H26O3. The minimum absolute atomic E-state index is 0.0221. The molecule has 3 heteroatoms. The number of allylic oxidation sites excluding steroid dienone is 3. The first kappa shape index (κ1) is 14.8. The van der Waals surface area contributed by atoms with E-state index >= 15 is 0 Å². The average molecular weight is 290 g/mol. The predicted molar refractivity (Wildman–Crippen MR) is 81.8 cm³/mol. The standard InChI is InChI=1S/C18H26O3/c1-2-14-18-13-10-8-6-4-3-5-7-9-11-17(19)21-16(18)12-15(13)20-14/h3-4,8,10,13-16,18H,2,5-7,9,11-12H2,1H3/b4-3-,10-8-/t13-,14-,15+,16+,18-/m1/s1. The van der Waals surface area contributed by atoms with Crippen LogP contribution in [0.25, 0.3) is 0 Å². The molecule has 1 saturated carbocycles. The maximum atomic E-state index is 12.0. The fourth-order valence-corrected chi connectivity index (χ4v) is 4.02. The third-order valence-electron chi connectivity index (χ3n) is 5.03. The molecule has 3 rings (SSSR count). The molecule has 21 heavy (non-hydrogen) atoms. The molecule has 2 heterocycles. The summed E-state index contributed by atoms with van der Waals surface area (Å²) in [6.45, 7) is 2.16. The van der Waals surface area contributed by atoms with Crippen LogP contribution in [0, 0.1) is 11.8 Å². The second kappa shape index (κ2) is 6.78. The number of carbonyl (C=O) groups excluding carboxylic acids is 1. The van der Waals surface area contributed by atoms with Gasteiger partial charge < -0.3 is 9.47 Å². The Bertz CT molecular complexity index is 426. The summed E-state index contributed by atoms with van der Waals surface area (Å²) in [6.07, 6.45) is 16.0. The van der Waals surface area contributed by atoms with Crippen molar-refractivity contribution in [3.63, 3.8) is 0 Å². The van der Waals surface area contributed by atoms with Crippen LogP contribution in [-0.4, -0.2) is 24.3 Å². The molecule has 0 aromatic carbocycles. The molecule has 3 aliphatic rings. The Morgan fingerprint density at radius 1 is 1.19 bits per heavy atom. The van der Waals surface area contributed by atoms with Crippen molar-refractivity contribution >= 4 is 5.97 Å². The van der Waals surface area contributed by atoms with E-state index in [1.807, 2.05) is 0 Å². The molecule has 2 fully saturated rings. The number of rotatable bonds is 1. The van der Waals surface area contributed by atoms with Crippen LogP contribution < -0.4 is 0 Å². The van der Waals surface area contributed by atoms with Crippen LogP contribution in [0.4, 0.5) is 0 Å². The van der Waals surface area contributed by atoms with Crippen molar-refractivity contribution in [2.24, 2.45) is 11.8 Å². The summed E-state index contributed by atoms with van der Waals surface area (Å²) in [5.41, 5.74) is 0. The van der Waals surface area contributed by atoms with Gasteiger partial charge >= 0.3 is 5.97 Å². The molecule has 1 aliphatic carbocycles. The Morgan fingerprint density at radius 2 is 2.10 bits per heavy atom. The first-order valence-electron chi connectivity index (χ1n) is 8.46. The number of ether oxygens (including phenoxy) is 2. The molecule has 0 amide bonds. The zero-order chi connectivity index (χ0) is 14.7. The fraction of sp³-hybridized carbons (Fsp3) is 0.722. The third kappa shape index (κ3) is 3.23. The highest BCUT2D eigenvalue weighted by Crippen LogP contribution is 2.48. The lowest BCUT2D eigenvalue weighted by molar-refractivity contribution is -0.157. The van der Waals surface area contributed by atoms with E-state index < -0.39 is 0 Å². The second-order valence-electron chi connectivity index (χ2n) is 6.42. The minimum atomic E-state index is -0.0221. The number of carbonyl (C=O) groups is 1. The molecule has 0 radical (unpaired) electrons. The SMILES string of the molecule is CC[C@H]1O[C@H]2C[C@@H]3OC(=O)CCCC/C=C\C/C=C\[C@H]2[C@@H]31. The van der Waals surface area contributed by atoms with Crippen LogP contribution in [0.5, 0.6) is 0 Å². The maximum absolute atomic E-state index is 12.0. The number of hydrogen-bond donors (Lipinski definition) is 0. The van der Waals surface area contributed by atoms with Crippen molar-refractivity contribution in [3.8, 4) is 0 Å². The first-order valence-corrected chi connectivity index (χ1v) is 8.46. The van der Waals surface area contributed by atoms with Crippen LogP contribution in [0.3, 0.4) is 0 Å². The molecule has 0 aromatic heterocycles. The highest BCUT2D eigenvalue weighted by Gasteiger charge is 2.54. The van der Waals surface area contributed by atoms with E-state index in [-0.39, 0.29) is 24.3 Å². The van der Waals surface area contributed by atoms with E-state index in [4.69, 9.17) is 9.47 Å². The smallest absolute Gasteiger partial charge is 0.306 e. The fourth-order valence-electron chi connectivity index (χ4n) is 4.02. The lowest BCUT2D eigenvalue weighted by atomic mass is 9.89. The molecule has 3 nitrogen and oxygen atoms in total. The summed E-state index contributed by atoms with van der Waals surface area (Å²) in [6, 6.07) is 0. The van der Waals surface area contributed by atoms with Crippen molar-refractivity contribution in [2.75, 3.05) is 0 Å². The number of hydrogen-bond acceptors (Lipinski definition) is 3. The molecule has 0 unspecified atom stereocenters. The molecule has 5 atom stereocenters. The van der Waals surface area contributed by atoms with Gasteiger partial charge in [-0.05, 0) is 32.1 Å². The zero-order valence-electron chi connectivity index (χ0n) is 12.9. The van der Waals surface area contributed by atoms with Gasteiger partial charge in [-0.1, -0.05) is 31.2 Å². The molecular weight excluding hydrogens is 264 g/mol. The molecule has 0 aromatic rings. The van der Waals surface area contributed by atoms with E-state index in [1.165, 1.54) is 0 Å². The average Bonchev–Trinajstić information content (AvgIpc) is 2.98. The van der Waals surface area contributed by atoms with E-state index in [9.17, 15) is 4.79 Å². The highest BCUT2D eigenvalue weighted by molar-refractivity contribution is 5.69. The van der Waals surface area contributed by atoms with Crippen LogP contribution in [0.1, 0.15) is 51.9 Å². The summed E-state index contributed by atoms with van der Waals surface area (Å²) in [7, 11) is 0. The van der Waals surface area contributed by atoms with Gasteiger partial charge in [0, 0.05) is 24.7 Å². The lowest BCUT2D eigenvalue weighted by Crippen LogP contribution is -2.35. The van der Waals surface area contributed by atoms with Crippen molar-refractivity contribution in [1.29, 1.82) is 0 Å². The monoisotopic (exact) mass is 290 g/mol. The Morgan fingerprint density at radius 3 is 2.95 bits per heavy atom. The highest BCUT2D eigenvalue weighted by atomic mass is 16.6. The van der Waals surface area contributed by atoms with Crippen LogP contribution in [0.2, 0.25) is 0 Å². The van der Waals surface area contributed by atoms with Crippen LogP contribution >= 0.6 is 0 Å². The van der Waals surface area contributed by atoms with Crippen LogP contribution in [-0.2, 0) is 14.3 Å².